The summed E-state index contributed by atoms with van der Waals surface area (Å²) in [5.74, 6) is -0.575. The van der Waals surface area contributed by atoms with Crippen LogP contribution in [-0.4, -0.2) is 13.9 Å². The third-order valence-electron chi connectivity index (χ3n) is 4.04. The lowest BCUT2D eigenvalue weighted by Gasteiger charge is -2.14. The first kappa shape index (κ1) is 21.2. The fraction of sp³-hybridized carbons (Fsp3) is 0.211. The monoisotopic (exact) mass is 446 g/mol. The lowest BCUT2D eigenvalue weighted by atomic mass is 9.97. The molecule has 2 aromatic carbocycles. The zero-order chi connectivity index (χ0) is 21.6. The van der Waals surface area contributed by atoms with Crippen LogP contribution in [0, 0.1) is 0 Å². The van der Waals surface area contributed by atoms with Gasteiger partial charge in [0.15, 0.2) is 0 Å². The van der Waals surface area contributed by atoms with Crippen molar-refractivity contribution in [3.63, 3.8) is 0 Å². The third kappa shape index (κ3) is 4.11. The first-order valence-electron chi connectivity index (χ1n) is 8.28. The lowest BCUT2D eigenvalue weighted by molar-refractivity contribution is -0.0500. The topological polar surface area (TPSA) is 73.6 Å². The zero-order valence-corrected chi connectivity index (χ0v) is 16.7. The van der Waals surface area contributed by atoms with Crippen LogP contribution in [0.3, 0.4) is 0 Å². The Labute approximate surface area is 168 Å². The summed E-state index contributed by atoms with van der Waals surface area (Å²) in [6.45, 7) is 3.55. The molecule has 0 aliphatic heterocycles. The molecular formula is C19H14ClF3O5S. The molecule has 0 atom stereocenters. The van der Waals surface area contributed by atoms with E-state index in [0.29, 0.717) is 21.9 Å². The van der Waals surface area contributed by atoms with Crippen LogP contribution in [0.2, 0.25) is 5.02 Å². The van der Waals surface area contributed by atoms with E-state index in [1.165, 1.54) is 0 Å². The van der Waals surface area contributed by atoms with Gasteiger partial charge in [0, 0.05) is 17.0 Å². The van der Waals surface area contributed by atoms with Crippen molar-refractivity contribution in [3.05, 3.63) is 63.5 Å². The molecule has 0 amide bonds. The van der Waals surface area contributed by atoms with E-state index in [2.05, 4.69) is 4.18 Å². The molecule has 154 valence electrons. The molecule has 0 radical (unpaired) electrons. The Balaban J connectivity index is 2.20. The van der Waals surface area contributed by atoms with Gasteiger partial charge in [0.25, 0.3) is 0 Å². The van der Waals surface area contributed by atoms with Crippen LogP contribution in [0.4, 0.5) is 13.2 Å². The number of alkyl halides is 3. The molecule has 3 aromatic rings. The Hall–Kier alpha value is -2.52. The normalized spacial score (nSPS) is 12.5. The van der Waals surface area contributed by atoms with E-state index in [1.54, 1.807) is 38.1 Å². The third-order valence-corrected chi connectivity index (χ3v) is 5.27. The highest BCUT2D eigenvalue weighted by atomic mass is 35.5. The highest BCUT2D eigenvalue weighted by molar-refractivity contribution is 7.88. The van der Waals surface area contributed by atoms with Gasteiger partial charge >= 0.3 is 15.6 Å². The molecule has 0 saturated heterocycles. The molecule has 0 fully saturated rings. The first-order valence-corrected chi connectivity index (χ1v) is 10.1. The second-order valence-corrected chi connectivity index (χ2v) is 8.45. The van der Waals surface area contributed by atoms with E-state index >= 15 is 0 Å². The van der Waals surface area contributed by atoms with Gasteiger partial charge in [-0.2, -0.15) is 21.6 Å². The minimum atomic E-state index is -5.84. The maximum absolute atomic E-state index is 13.1. The molecule has 10 heteroatoms. The predicted octanol–water partition coefficient (Wildman–Crippen LogP) is 5.47. The van der Waals surface area contributed by atoms with Gasteiger partial charge in [-0.1, -0.05) is 37.6 Å². The fourth-order valence-electron chi connectivity index (χ4n) is 2.71. The highest BCUT2D eigenvalue weighted by Gasteiger charge is 2.48. The molecule has 1 aromatic heterocycles. The largest absolute Gasteiger partial charge is 0.534 e. The average molecular weight is 447 g/mol. The Morgan fingerprint density at radius 3 is 2.24 bits per heavy atom. The maximum atomic E-state index is 13.1. The Bertz CT molecular complexity index is 1230. The van der Waals surface area contributed by atoms with Crippen molar-refractivity contribution >= 4 is 32.7 Å². The standard InChI is InChI=1S/C19H14ClF3O5S/c1-10(2)18-16(11-3-5-12(20)6-4-11)17(24)14-8-7-13(9-15(14)27-18)28-29(25,26)19(21,22)23/h3-10H,1-2H3. The number of hydrogen-bond donors (Lipinski definition) is 0. The van der Waals surface area contributed by atoms with Crippen molar-refractivity contribution in [1.82, 2.24) is 0 Å². The molecule has 0 saturated carbocycles. The summed E-state index contributed by atoms with van der Waals surface area (Å²) < 4.78 is 69.9. The minimum Gasteiger partial charge on any atom is -0.460 e. The average Bonchev–Trinajstić information content (AvgIpc) is 2.61. The van der Waals surface area contributed by atoms with Gasteiger partial charge in [-0.15, -0.1) is 0 Å². The molecule has 0 spiro atoms. The van der Waals surface area contributed by atoms with Crippen LogP contribution in [0.5, 0.6) is 5.75 Å². The maximum Gasteiger partial charge on any atom is 0.534 e. The molecular weight excluding hydrogens is 433 g/mol. The Kier molecular flexibility index (Phi) is 5.40. The predicted molar refractivity (Wildman–Crippen MR) is 103 cm³/mol. The van der Waals surface area contributed by atoms with E-state index < -0.39 is 26.8 Å². The summed E-state index contributed by atoms with van der Waals surface area (Å²) in [6, 6.07) is 9.60. The van der Waals surface area contributed by atoms with Gasteiger partial charge in [-0.25, -0.2) is 0 Å². The van der Waals surface area contributed by atoms with Gasteiger partial charge in [-0.05, 0) is 29.8 Å². The zero-order valence-electron chi connectivity index (χ0n) is 15.1. The number of hydrogen-bond acceptors (Lipinski definition) is 5. The molecule has 0 aliphatic rings. The Morgan fingerprint density at radius 2 is 1.69 bits per heavy atom. The smallest absolute Gasteiger partial charge is 0.460 e. The highest BCUT2D eigenvalue weighted by Crippen LogP contribution is 2.33. The summed E-state index contributed by atoms with van der Waals surface area (Å²) in [6.07, 6.45) is 0. The lowest BCUT2D eigenvalue weighted by Crippen LogP contribution is -2.28. The second-order valence-electron chi connectivity index (χ2n) is 6.47. The van der Waals surface area contributed by atoms with Crippen molar-refractivity contribution in [3.8, 4) is 16.9 Å². The summed E-state index contributed by atoms with van der Waals surface area (Å²) in [7, 11) is -5.84. The van der Waals surface area contributed by atoms with Crippen molar-refractivity contribution < 1.29 is 30.2 Å². The summed E-state index contributed by atoms with van der Waals surface area (Å²) in [5.41, 5.74) is -5.23. The molecule has 0 N–H and O–H groups in total. The Morgan fingerprint density at radius 1 is 1.07 bits per heavy atom. The van der Waals surface area contributed by atoms with Crippen LogP contribution in [0.25, 0.3) is 22.1 Å². The quantitative estimate of drug-likeness (QED) is 0.392. The van der Waals surface area contributed by atoms with Crippen LogP contribution >= 0.6 is 11.6 Å². The molecule has 1 heterocycles. The van der Waals surface area contributed by atoms with Crippen LogP contribution in [0.15, 0.2) is 51.7 Å². The number of benzene rings is 2. The molecule has 3 rings (SSSR count). The molecule has 0 bridgehead atoms. The summed E-state index contributed by atoms with van der Waals surface area (Å²) in [4.78, 5) is 13.1. The second kappa shape index (κ2) is 7.38. The van der Waals surface area contributed by atoms with E-state index in [0.717, 1.165) is 18.2 Å². The van der Waals surface area contributed by atoms with Crippen molar-refractivity contribution in [2.24, 2.45) is 0 Å². The van der Waals surface area contributed by atoms with Crippen molar-refractivity contribution in [1.29, 1.82) is 0 Å². The van der Waals surface area contributed by atoms with Gasteiger partial charge in [0.2, 0.25) is 5.43 Å². The summed E-state index contributed by atoms with van der Waals surface area (Å²) in [5, 5.41) is 0.550. The number of halogens is 4. The minimum absolute atomic E-state index is 0.0658. The van der Waals surface area contributed by atoms with Gasteiger partial charge < -0.3 is 8.60 Å². The first-order chi connectivity index (χ1) is 13.4. The molecule has 0 aliphatic carbocycles. The number of rotatable bonds is 4. The van der Waals surface area contributed by atoms with Gasteiger partial charge in [0.1, 0.15) is 17.1 Å². The SMILES string of the molecule is CC(C)c1oc2cc(OS(=O)(=O)C(F)(F)F)ccc2c(=O)c1-c1ccc(Cl)cc1. The van der Waals surface area contributed by atoms with Crippen LogP contribution < -0.4 is 9.61 Å². The van der Waals surface area contributed by atoms with E-state index in [9.17, 15) is 26.4 Å². The molecule has 5 nitrogen and oxygen atoms in total. The van der Waals surface area contributed by atoms with Gasteiger partial charge in [-0.3, -0.25) is 4.79 Å². The van der Waals surface area contributed by atoms with Crippen molar-refractivity contribution in [2.45, 2.75) is 25.3 Å². The summed E-state index contributed by atoms with van der Waals surface area (Å²) >= 11 is 5.89. The number of fused-ring (bicyclic) bond motifs is 1. The molecule has 0 unspecified atom stereocenters. The van der Waals surface area contributed by atoms with E-state index in [4.69, 9.17) is 16.0 Å². The molecule has 29 heavy (non-hydrogen) atoms. The van der Waals surface area contributed by atoms with Crippen molar-refractivity contribution in [2.75, 3.05) is 0 Å². The van der Waals surface area contributed by atoms with Crippen LogP contribution in [0.1, 0.15) is 25.5 Å². The van der Waals surface area contributed by atoms with Crippen LogP contribution in [-0.2, 0) is 10.1 Å². The fourth-order valence-corrected chi connectivity index (χ4v) is 3.29. The van der Waals surface area contributed by atoms with Gasteiger partial charge in [0.05, 0.1) is 10.9 Å². The van der Waals surface area contributed by atoms with E-state index in [-0.39, 0.29) is 16.9 Å². The van der Waals surface area contributed by atoms with E-state index in [1.807, 2.05) is 0 Å².